The van der Waals surface area contributed by atoms with Crippen molar-refractivity contribution in [2.24, 2.45) is 0 Å². The fraction of sp³-hybridized carbons (Fsp3) is 0.143. The number of nitrogens with one attached hydrogen (secondary N) is 3. The Kier molecular flexibility index (Phi) is 6.11. The molecule has 162 valence electrons. The number of hydrogen-bond acceptors (Lipinski definition) is 5. The molecule has 0 fully saturated rings. The summed E-state index contributed by atoms with van der Waals surface area (Å²) in [5.41, 5.74) is 1.44. The molecular formula is C21H19FN3O5S-. The van der Waals surface area contributed by atoms with Gasteiger partial charge in [0.15, 0.2) is 0 Å². The fourth-order valence-electron chi connectivity index (χ4n) is 2.93. The highest BCUT2D eigenvalue weighted by molar-refractivity contribution is 7.92. The van der Waals surface area contributed by atoms with Crippen molar-refractivity contribution in [3.05, 3.63) is 70.4 Å². The maximum absolute atomic E-state index is 13.2. The van der Waals surface area contributed by atoms with Crippen LogP contribution < -0.4 is 15.4 Å². The molecule has 0 saturated heterocycles. The summed E-state index contributed by atoms with van der Waals surface area (Å²) in [6, 6.07) is 10.0. The van der Waals surface area contributed by atoms with Crippen molar-refractivity contribution in [1.82, 2.24) is 9.97 Å². The zero-order chi connectivity index (χ0) is 22.8. The minimum atomic E-state index is -3.88. The van der Waals surface area contributed by atoms with Gasteiger partial charge in [0.05, 0.1) is 10.6 Å². The van der Waals surface area contributed by atoms with E-state index < -0.39 is 21.8 Å². The molecule has 4 rings (SSSR count). The van der Waals surface area contributed by atoms with Gasteiger partial charge in [-0.1, -0.05) is 6.92 Å². The van der Waals surface area contributed by atoms with Crippen LogP contribution in [0.4, 0.5) is 10.1 Å². The van der Waals surface area contributed by atoms with Crippen LogP contribution in [0.5, 0.6) is 0 Å². The van der Waals surface area contributed by atoms with Gasteiger partial charge in [0.2, 0.25) is 0 Å². The van der Waals surface area contributed by atoms with E-state index in [1.54, 1.807) is 25.3 Å². The Morgan fingerprint density at radius 3 is 2.48 bits per heavy atom. The predicted molar refractivity (Wildman–Crippen MR) is 114 cm³/mol. The molecule has 0 aliphatic heterocycles. The van der Waals surface area contributed by atoms with Crippen LogP contribution in [0.1, 0.15) is 18.9 Å². The van der Waals surface area contributed by atoms with E-state index in [2.05, 4.69) is 14.7 Å². The van der Waals surface area contributed by atoms with Gasteiger partial charge < -0.3 is 19.9 Å². The number of pyridine rings is 1. The summed E-state index contributed by atoms with van der Waals surface area (Å²) in [7, 11) is -3.88. The van der Waals surface area contributed by atoms with Crippen LogP contribution >= 0.6 is 0 Å². The highest BCUT2D eigenvalue weighted by Crippen LogP contribution is 2.26. The summed E-state index contributed by atoms with van der Waals surface area (Å²) in [6.45, 7) is 3.16. The molecule has 0 radical (unpaired) electrons. The average molecular weight is 444 g/mol. The molecule has 2 heterocycles. The number of aromatic nitrogens is 2. The molecule has 0 aliphatic carbocycles. The van der Waals surface area contributed by atoms with E-state index in [0.717, 1.165) is 0 Å². The van der Waals surface area contributed by atoms with E-state index in [9.17, 15) is 27.5 Å². The summed E-state index contributed by atoms with van der Waals surface area (Å²) < 4.78 is 41.2. The van der Waals surface area contributed by atoms with E-state index in [4.69, 9.17) is 0 Å². The number of aryl methyl sites for hydroxylation is 1. The molecule has 2 aromatic carbocycles. The second-order valence-corrected chi connectivity index (χ2v) is 8.40. The number of carbonyl (C=O) groups excluding carboxylic acids is 1. The summed E-state index contributed by atoms with van der Waals surface area (Å²) >= 11 is 0. The van der Waals surface area contributed by atoms with Crippen molar-refractivity contribution in [3.8, 4) is 0 Å². The molecule has 0 aliphatic rings. The van der Waals surface area contributed by atoms with Gasteiger partial charge >= 0.3 is 0 Å². The molecule has 31 heavy (non-hydrogen) atoms. The van der Waals surface area contributed by atoms with Gasteiger partial charge in [-0.3, -0.25) is 9.52 Å². The smallest absolute Gasteiger partial charge is 0.272 e. The van der Waals surface area contributed by atoms with Crippen molar-refractivity contribution in [1.29, 1.82) is 0 Å². The van der Waals surface area contributed by atoms with Crippen molar-refractivity contribution in [3.63, 3.8) is 0 Å². The number of carbonyl (C=O) groups is 1. The van der Waals surface area contributed by atoms with E-state index in [0.29, 0.717) is 33.1 Å². The van der Waals surface area contributed by atoms with Crippen LogP contribution in [-0.4, -0.2) is 24.4 Å². The van der Waals surface area contributed by atoms with E-state index in [1.807, 2.05) is 0 Å². The topological polar surface area (TPSA) is 135 Å². The number of rotatable bonds is 4. The van der Waals surface area contributed by atoms with Gasteiger partial charge in [-0.25, -0.2) is 12.8 Å². The maximum Gasteiger partial charge on any atom is 0.272 e. The molecule has 0 bridgehead atoms. The molecule has 0 atom stereocenters. The Balaban J connectivity index is 0.000000491. The second kappa shape index (κ2) is 8.60. The number of hydrogen-bond donors (Lipinski definition) is 3. The first-order valence-electron chi connectivity index (χ1n) is 9.24. The Hall–Kier alpha value is -3.66. The van der Waals surface area contributed by atoms with Crippen molar-refractivity contribution >= 4 is 43.5 Å². The lowest BCUT2D eigenvalue weighted by Gasteiger charge is -2.11. The number of halogens is 1. The summed E-state index contributed by atoms with van der Waals surface area (Å²) in [5.74, 6) is -1.43. The number of benzene rings is 2. The van der Waals surface area contributed by atoms with Gasteiger partial charge in [-0.15, -0.1) is 0 Å². The summed E-state index contributed by atoms with van der Waals surface area (Å²) in [4.78, 5) is 26.9. The van der Waals surface area contributed by atoms with Crippen molar-refractivity contribution < 1.29 is 22.7 Å². The Morgan fingerprint density at radius 1 is 1.13 bits per heavy atom. The summed E-state index contributed by atoms with van der Waals surface area (Å²) in [6.07, 6.45) is 1.74. The van der Waals surface area contributed by atoms with Gasteiger partial charge in [0.25, 0.3) is 15.6 Å². The monoisotopic (exact) mass is 444 g/mol. The minimum Gasteiger partial charge on any atom is -0.550 e. The first-order chi connectivity index (χ1) is 14.6. The van der Waals surface area contributed by atoms with Crippen LogP contribution in [0.25, 0.3) is 21.8 Å². The lowest BCUT2D eigenvalue weighted by atomic mass is 10.1. The quantitative estimate of drug-likeness (QED) is 0.444. The standard InChI is InChI=1S/C18H14FN3O3S.C3H6O2/c1-10-8-11(19)2-4-15(10)22-26(24,25)12-3-5-16-14(9-12)13-6-7-20-17(13)18(23)21-16;1-2-3(4)5/h2-9,20,22H,1H3,(H,21,23);2H2,1H3,(H,4,5)/p-1. The molecule has 3 N–H and O–H groups in total. The number of carboxylic acids is 1. The summed E-state index contributed by atoms with van der Waals surface area (Å²) in [5, 5.41) is 10.5. The molecule has 10 heteroatoms. The Labute approximate surface area is 176 Å². The number of H-pyrrole nitrogens is 2. The number of sulfonamides is 1. The lowest BCUT2D eigenvalue weighted by Crippen LogP contribution is -2.19. The minimum absolute atomic E-state index is 0.0447. The first-order valence-corrected chi connectivity index (χ1v) is 10.7. The zero-order valence-electron chi connectivity index (χ0n) is 16.7. The third-order valence-electron chi connectivity index (χ3n) is 4.54. The maximum atomic E-state index is 13.2. The Morgan fingerprint density at radius 2 is 1.84 bits per heavy atom. The average Bonchev–Trinajstić information content (AvgIpc) is 3.21. The third-order valence-corrected chi connectivity index (χ3v) is 5.90. The van der Waals surface area contributed by atoms with Gasteiger partial charge in [0.1, 0.15) is 11.3 Å². The van der Waals surface area contributed by atoms with Crippen LogP contribution in [0, 0.1) is 12.7 Å². The highest BCUT2D eigenvalue weighted by atomic mass is 32.2. The van der Waals surface area contributed by atoms with Crippen LogP contribution in [0.15, 0.2) is 58.4 Å². The first kappa shape index (κ1) is 22.0. The molecule has 8 nitrogen and oxygen atoms in total. The van der Waals surface area contributed by atoms with Crippen molar-refractivity contribution in [2.75, 3.05) is 4.72 Å². The third kappa shape index (κ3) is 4.75. The molecular weight excluding hydrogens is 425 g/mol. The number of anilines is 1. The van der Waals surface area contributed by atoms with Crippen LogP contribution in [0.2, 0.25) is 0 Å². The number of aromatic amines is 2. The molecule has 0 spiro atoms. The normalized spacial score (nSPS) is 11.2. The SMILES string of the molecule is CCC(=O)[O-].Cc1cc(F)ccc1NS(=O)(=O)c1ccc2[nH]c(=O)c3[nH]ccc3c2c1. The second-order valence-electron chi connectivity index (χ2n) is 6.72. The molecule has 0 amide bonds. The largest absolute Gasteiger partial charge is 0.550 e. The van der Waals surface area contributed by atoms with E-state index in [-0.39, 0.29) is 16.9 Å². The van der Waals surface area contributed by atoms with E-state index in [1.165, 1.54) is 37.3 Å². The van der Waals surface area contributed by atoms with Crippen molar-refractivity contribution in [2.45, 2.75) is 25.2 Å². The van der Waals surface area contributed by atoms with Gasteiger partial charge in [0, 0.05) is 28.5 Å². The van der Waals surface area contributed by atoms with E-state index >= 15 is 0 Å². The molecule has 2 aromatic heterocycles. The van der Waals surface area contributed by atoms with Crippen LogP contribution in [-0.2, 0) is 14.8 Å². The zero-order valence-corrected chi connectivity index (χ0v) is 17.5. The number of carboxylic acid groups (broad SMARTS) is 1. The fourth-order valence-corrected chi connectivity index (χ4v) is 4.09. The predicted octanol–water partition coefficient (Wildman–Crippen LogP) is 2.40. The highest BCUT2D eigenvalue weighted by Gasteiger charge is 2.17. The molecule has 0 saturated carbocycles. The number of aliphatic carboxylic acids is 1. The van der Waals surface area contributed by atoms with Gasteiger partial charge in [-0.2, -0.15) is 0 Å². The van der Waals surface area contributed by atoms with Gasteiger partial charge in [-0.05, 0) is 61.4 Å². The number of fused-ring (bicyclic) bond motifs is 3. The van der Waals surface area contributed by atoms with Crippen LogP contribution in [0.3, 0.4) is 0 Å². The lowest BCUT2D eigenvalue weighted by molar-refractivity contribution is -0.305. The molecule has 0 unspecified atom stereocenters. The molecule has 4 aromatic rings. The Bertz CT molecular complexity index is 1440.